The predicted octanol–water partition coefficient (Wildman–Crippen LogP) is 2.04. The third kappa shape index (κ3) is 5.87. The minimum atomic E-state index is -0.393. The van der Waals surface area contributed by atoms with Crippen molar-refractivity contribution in [3.05, 3.63) is 28.0 Å². The van der Waals surface area contributed by atoms with Crippen molar-refractivity contribution in [2.75, 3.05) is 33.9 Å². The first-order chi connectivity index (χ1) is 9.97. The minimum absolute atomic E-state index is 0.0957. The molecule has 21 heavy (non-hydrogen) atoms. The fourth-order valence-corrected chi connectivity index (χ4v) is 2.08. The molecular weight excluding hydrogens is 319 g/mol. The second-order valence-electron chi connectivity index (χ2n) is 4.11. The Morgan fingerprint density at radius 2 is 1.81 bits per heavy atom. The van der Waals surface area contributed by atoms with E-state index in [4.69, 9.17) is 27.9 Å². The van der Waals surface area contributed by atoms with Crippen LogP contribution >= 0.6 is 23.2 Å². The highest BCUT2D eigenvalue weighted by molar-refractivity contribution is 6.33. The van der Waals surface area contributed by atoms with Crippen LogP contribution in [0.2, 0.25) is 10.3 Å². The van der Waals surface area contributed by atoms with Gasteiger partial charge < -0.3 is 14.4 Å². The van der Waals surface area contributed by atoms with Gasteiger partial charge in [0.1, 0.15) is 10.3 Å². The van der Waals surface area contributed by atoms with Crippen LogP contribution in [0.15, 0.2) is 12.1 Å². The zero-order valence-electron chi connectivity index (χ0n) is 11.8. The quantitative estimate of drug-likeness (QED) is 0.563. The van der Waals surface area contributed by atoms with Gasteiger partial charge in [0, 0.05) is 25.8 Å². The molecule has 0 radical (unpaired) electrons. The van der Waals surface area contributed by atoms with E-state index in [1.54, 1.807) is 0 Å². The monoisotopic (exact) mass is 334 g/mol. The van der Waals surface area contributed by atoms with Gasteiger partial charge in [-0.25, -0.2) is 4.98 Å². The second-order valence-corrected chi connectivity index (χ2v) is 4.89. The summed E-state index contributed by atoms with van der Waals surface area (Å²) in [6, 6.07) is 2.85. The van der Waals surface area contributed by atoms with Crippen molar-refractivity contribution in [1.82, 2.24) is 9.88 Å². The van der Waals surface area contributed by atoms with Crippen LogP contribution in [-0.4, -0.2) is 55.7 Å². The number of amides is 1. The lowest BCUT2D eigenvalue weighted by Crippen LogP contribution is -2.35. The fraction of sp³-hybridized carbons (Fsp3) is 0.462. The lowest BCUT2D eigenvalue weighted by atomic mass is 10.2. The molecule has 0 unspecified atom stereocenters. The maximum atomic E-state index is 12.4. The molecule has 0 saturated heterocycles. The first kappa shape index (κ1) is 17.7. The fourth-order valence-electron chi connectivity index (χ4n) is 1.62. The molecule has 1 aromatic rings. The maximum absolute atomic E-state index is 12.4. The highest BCUT2D eigenvalue weighted by Crippen LogP contribution is 2.16. The molecule has 1 aromatic heterocycles. The van der Waals surface area contributed by atoms with E-state index in [9.17, 15) is 9.59 Å². The van der Waals surface area contributed by atoms with Gasteiger partial charge in [0.15, 0.2) is 0 Å². The largest absolute Gasteiger partial charge is 0.469 e. The number of methoxy groups -OCH3 is 2. The van der Waals surface area contributed by atoms with Crippen molar-refractivity contribution in [3.63, 3.8) is 0 Å². The lowest BCUT2D eigenvalue weighted by Gasteiger charge is -2.22. The van der Waals surface area contributed by atoms with E-state index in [1.165, 1.54) is 31.3 Å². The molecule has 0 fully saturated rings. The zero-order chi connectivity index (χ0) is 15.8. The normalized spacial score (nSPS) is 10.3. The first-order valence-electron chi connectivity index (χ1n) is 6.16. The van der Waals surface area contributed by atoms with E-state index in [1.807, 2.05) is 0 Å². The molecule has 0 aromatic carbocycles. The molecule has 0 bridgehead atoms. The molecule has 0 spiro atoms. The van der Waals surface area contributed by atoms with Crippen LogP contribution < -0.4 is 0 Å². The Balaban J connectivity index is 2.84. The molecule has 0 atom stereocenters. The number of hydrogen-bond donors (Lipinski definition) is 0. The van der Waals surface area contributed by atoms with Crippen LogP contribution in [0.3, 0.4) is 0 Å². The van der Waals surface area contributed by atoms with E-state index < -0.39 is 5.97 Å². The Morgan fingerprint density at radius 1 is 1.19 bits per heavy atom. The molecule has 116 valence electrons. The van der Waals surface area contributed by atoms with E-state index in [0.29, 0.717) is 18.7 Å². The van der Waals surface area contributed by atoms with Gasteiger partial charge in [0.2, 0.25) is 0 Å². The topological polar surface area (TPSA) is 68.7 Å². The molecule has 1 amide bonds. The SMILES string of the molecule is COCCN(CCC(=O)OC)C(=O)c1cc(Cl)nc(Cl)c1. The molecule has 0 N–H and O–H groups in total. The Bertz CT molecular complexity index is 491. The smallest absolute Gasteiger partial charge is 0.307 e. The molecule has 0 saturated carbocycles. The highest BCUT2D eigenvalue weighted by Gasteiger charge is 2.18. The maximum Gasteiger partial charge on any atom is 0.307 e. The summed E-state index contributed by atoms with van der Waals surface area (Å²) in [6.07, 6.45) is 0.0957. The van der Waals surface area contributed by atoms with Crippen LogP contribution in [-0.2, 0) is 14.3 Å². The average Bonchev–Trinajstić information content (AvgIpc) is 2.45. The minimum Gasteiger partial charge on any atom is -0.469 e. The van der Waals surface area contributed by atoms with Crippen molar-refractivity contribution < 1.29 is 19.1 Å². The number of ether oxygens (including phenoxy) is 2. The van der Waals surface area contributed by atoms with Gasteiger partial charge >= 0.3 is 5.97 Å². The van der Waals surface area contributed by atoms with Crippen LogP contribution in [0.4, 0.5) is 0 Å². The van der Waals surface area contributed by atoms with Gasteiger partial charge in [0.25, 0.3) is 5.91 Å². The number of halogens is 2. The zero-order valence-corrected chi connectivity index (χ0v) is 13.3. The van der Waals surface area contributed by atoms with Gasteiger partial charge in [-0.3, -0.25) is 9.59 Å². The van der Waals surface area contributed by atoms with Crippen LogP contribution in [0, 0.1) is 0 Å². The van der Waals surface area contributed by atoms with Gasteiger partial charge in [-0.05, 0) is 12.1 Å². The molecule has 8 heteroatoms. The van der Waals surface area contributed by atoms with Gasteiger partial charge in [0.05, 0.1) is 20.1 Å². The Morgan fingerprint density at radius 3 is 2.33 bits per heavy atom. The van der Waals surface area contributed by atoms with Crippen molar-refractivity contribution in [3.8, 4) is 0 Å². The van der Waals surface area contributed by atoms with Crippen molar-refractivity contribution in [2.24, 2.45) is 0 Å². The third-order valence-corrected chi connectivity index (χ3v) is 3.06. The Labute approximate surface area is 132 Å². The second kappa shape index (κ2) is 8.81. The van der Waals surface area contributed by atoms with Gasteiger partial charge in [-0.2, -0.15) is 0 Å². The summed E-state index contributed by atoms with van der Waals surface area (Å²) in [5.41, 5.74) is 0.306. The number of hydrogen-bond acceptors (Lipinski definition) is 5. The summed E-state index contributed by atoms with van der Waals surface area (Å²) in [7, 11) is 2.83. The highest BCUT2D eigenvalue weighted by atomic mass is 35.5. The molecule has 0 aliphatic heterocycles. The molecule has 0 aliphatic carbocycles. The van der Waals surface area contributed by atoms with Crippen LogP contribution in [0.1, 0.15) is 16.8 Å². The summed E-state index contributed by atoms with van der Waals surface area (Å²) < 4.78 is 9.53. The van der Waals surface area contributed by atoms with E-state index in [2.05, 4.69) is 9.72 Å². The van der Waals surface area contributed by atoms with Gasteiger partial charge in [-0.15, -0.1) is 0 Å². The molecule has 6 nitrogen and oxygen atoms in total. The summed E-state index contributed by atoms with van der Waals surface area (Å²) in [5.74, 6) is -0.696. The molecule has 1 heterocycles. The summed E-state index contributed by atoms with van der Waals surface area (Å²) >= 11 is 11.6. The van der Waals surface area contributed by atoms with Gasteiger partial charge in [-0.1, -0.05) is 23.2 Å². The number of carbonyl (C=O) groups is 2. The van der Waals surface area contributed by atoms with Crippen LogP contribution in [0.5, 0.6) is 0 Å². The third-order valence-electron chi connectivity index (χ3n) is 2.68. The van der Waals surface area contributed by atoms with Crippen molar-refractivity contribution >= 4 is 35.1 Å². The molecular formula is C13H16Cl2N2O4. The lowest BCUT2D eigenvalue weighted by molar-refractivity contribution is -0.140. The Kier molecular flexibility index (Phi) is 7.42. The number of esters is 1. The summed E-state index contributed by atoms with van der Waals surface area (Å²) in [6.45, 7) is 0.899. The van der Waals surface area contributed by atoms with Crippen molar-refractivity contribution in [1.29, 1.82) is 0 Å². The first-order valence-corrected chi connectivity index (χ1v) is 6.91. The average molecular weight is 335 g/mol. The standard InChI is InChI=1S/C13H16Cl2N2O4/c1-20-6-5-17(4-3-12(18)21-2)13(19)9-7-10(14)16-11(15)8-9/h7-8H,3-6H2,1-2H3. The Hall–Kier alpha value is -1.37. The van der Waals surface area contributed by atoms with Crippen LogP contribution in [0.25, 0.3) is 0 Å². The number of carbonyl (C=O) groups excluding carboxylic acids is 2. The summed E-state index contributed by atoms with van der Waals surface area (Å²) in [4.78, 5) is 28.9. The van der Waals surface area contributed by atoms with E-state index >= 15 is 0 Å². The van der Waals surface area contributed by atoms with E-state index in [-0.39, 0.29) is 29.2 Å². The summed E-state index contributed by atoms with van der Waals surface area (Å²) in [5, 5.41) is 0.260. The van der Waals surface area contributed by atoms with Crippen molar-refractivity contribution in [2.45, 2.75) is 6.42 Å². The molecule has 0 aliphatic rings. The van der Waals surface area contributed by atoms with E-state index in [0.717, 1.165) is 0 Å². The number of aromatic nitrogens is 1. The number of nitrogens with zero attached hydrogens (tertiary/aromatic N) is 2. The number of rotatable bonds is 7. The predicted molar refractivity (Wildman–Crippen MR) is 78.7 cm³/mol. The number of pyridine rings is 1. The molecule has 1 rings (SSSR count).